The van der Waals surface area contributed by atoms with Gasteiger partial charge in [0.25, 0.3) is 0 Å². The molecule has 9 nitrogen and oxygen atoms in total. The van der Waals surface area contributed by atoms with E-state index in [-0.39, 0.29) is 13.2 Å². The van der Waals surface area contributed by atoms with Crippen LogP contribution in [0.1, 0.15) is 20.8 Å². The SMILES string of the molecule is CO[C@@H]1[C@H](OCC(C)O)[C@H](OCC(=O)O)O[C@H](COCC(C)C)[C@H]1OC. The van der Waals surface area contributed by atoms with Gasteiger partial charge in [-0.3, -0.25) is 0 Å². The summed E-state index contributed by atoms with van der Waals surface area (Å²) in [6, 6.07) is 0. The Hall–Kier alpha value is -0.810. The molecule has 0 aliphatic carbocycles. The van der Waals surface area contributed by atoms with E-state index in [1.54, 1.807) is 6.92 Å². The molecule has 1 fully saturated rings. The molecule has 0 aromatic carbocycles. The van der Waals surface area contributed by atoms with Gasteiger partial charge >= 0.3 is 5.97 Å². The number of hydrogen-bond acceptors (Lipinski definition) is 8. The highest BCUT2D eigenvalue weighted by atomic mass is 16.7. The largest absolute Gasteiger partial charge is 0.480 e. The minimum Gasteiger partial charge on any atom is -0.480 e. The Labute approximate surface area is 154 Å². The van der Waals surface area contributed by atoms with E-state index in [1.165, 1.54) is 14.2 Å². The van der Waals surface area contributed by atoms with Crippen LogP contribution in [0.3, 0.4) is 0 Å². The van der Waals surface area contributed by atoms with E-state index in [9.17, 15) is 9.90 Å². The zero-order valence-corrected chi connectivity index (χ0v) is 16.1. The lowest BCUT2D eigenvalue weighted by Gasteiger charge is -2.45. The lowest BCUT2D eigenvalue weighted by atomic mass is 9.98. The zero-order valence-electron chi connectivity index (χ0n) is 16.1. The third-order valence-corrected chi connectivity index (χ3v) is 3.77. The van der Waals surface area contributed by atoms with Crippen molar-refractivity contribution in [1.29, 1.82) is 0 Å². The van der Waals surface area contributed by atoms with Gasteiger partial charge in [-0.25, -0.2) is 4.79 Å². The predicted molar refractivity (Wildman–Crippen MR) is 90.9 cm³/mol. The molecule has 6 atom stereocenters. The summed E-state index contributed by atoms with van der Waals surface area (Å²) in [6.07, 6.45) is -4.07. The Morgan fingerprint density at radius 3 is 2.19 bits per heavy atom. The molecule has 0 aromatic heterocycles. The molecule has 1 aliphatic heterocycles. The Balaban J connectivity index is 2.90. The normalized spacial score (nSPS) is 30.5. The van der Waals surface area contributed by atoms with Gasteiger partial charge in [0.1, 0.15) is 31.0 Å². The van der Waals surface area contributed by atoms with E-state index >= 15 is 0 Å². The van der Waals surface area contributed by atoms with Gasteiger partial charge in [-0.15, -0.1) is 0 Å². The number of carbonyl (C=O) groups is 1. The highest BCUT2D eigenvalue weighted by molar-refractivity contribution is 5.68. The molecule has 9 heteroatoms. The first kappa shape index (κ1) is 23.2. The molecular weight excluding hydrogens is 348 g/mol. The number of carboxylic acid groups (broad SMARTS) is 1. The smallest absolute Gasteiger partial charge is 0.329 e. The first-order valence-corrected chi connectivity index (χ1v) is 8.72. The Morgan fingerprint density at radius 1 is 1.04 bits per heavy atom. The predicted octanol–water partition coefficient (Wildman–Crippen LogP) is 0.281. The summed E-state index contributed by atoms with van der Waals surface area (Å²) >= 11 is 0. The van der Waals surface area contributed by atoms with Gasteiger partial charge in [-0.1, -0.05) is 13.8 Å². The van der Waals surface area contributed by atoms with Gasteiger partial charge in [0.05, 0.1) is 19.3 Å². The minimum absolute atomic E-state index is 0.0196. The van der Waals surface area contributed by atoms with Crippen molar-refractivity contribution in [2.45, 2.75) is 57.6 Å². The van der Waals surface area contributed by atoms with Crippen molar-refractivity contribution < 1.29 is 43.4 Å². The molecule has 2 N–H and O–H groups in total. The van der Waals surface area contributed by atoms with Gasteiger partial charge < -0.3 is 38.6 Å². The van der Waals surface area contributed by atoms with Crippen LogP contribution in [-0.4, -0.2) is 93.6 Å². The van der Waals surface area contributed by atoms with E-state index in [1.807, 2.05) is 13.8 Å². The summed E-state index contributed by atoms with van der Waals surface area (Å²) < 4.78 is 33.6. The second kappa shape index (κ2) is 11.8. The third kappa shape index (κ3) is 7.43. The third-order valence-electron chi connectivity index (χ3n) is 3.77. The molecule has 1 heterocycles. The summed E-state index contributed by atoms with van der Waals surface area (Å²) in [7, 11) is 3.03. The van der Waals surface area contributed by atoms with Crippen LogP contribution < -0.4 is 0 Å². The standard InChI is InChI=1S/C17H32O9/c1-10(2)6-23-8-12-14(21-4)15(22-5)16(24-7-11(3)18)17(26-12)25-9-13(19)20/h10-12,14-18H,6-9H2,1-5H3,(H,19,20)/t11?,12-,14-,15+,16+,17-/m1/s1. The number of aliphatic hydroxyl groups is 1. The maximum Gasteiger partial charge on any atom is 0.329 e. The molecule has 26 heavy (non-hydrogen) atoms. The average Bonchev–Trinajstić information content (AvgIpc) is 2.57. The van der Waals surface area contributed by atoms with Crippen LogP contribution in [0.4, 0.5) is 0 Å². The molecule has 0 amide bonds. The number of hydrogen-bond donors (Lipinski definition) is 2. The zero-order chi connectivity index (χ0) is 19.7. The number of aliphatic carboxylic acids is 1. The van der Waals surface area contributed by atoms with Gasteiger partial charge in [0.2, 0.25) is 0 Å². The van der Waals surface area contributed by atoms with Crippen LogP contribution in [0.2, 0.25) is 0 Å². The fourth-order valence-corrected chi connectivity index (χ4v) is 2.70. The van der Waals surface area contributed by atoms with E-state index in [0.717, 1.165) is 0 Å². The maximum absolute atomic E-state index is 10.9. The number of methoxy groups -OCH3 is 2. The monoisotopic (exact) mass is 380 g/mol. The molecule has 1 unspecified atom stereocenters. The number of ether oxygens (including phenoxy) is 6. The van der Waals surface area contributed by atoms with Crippen molar-refractivity contribution in [3.8, 4) is 0 Å². The molecular formula is C17H32O9. The molecule has 1 rings (SSSR count). The van der Waals surface area contributed by atoms with Crippen LogP contribution in [0.25, 0.3) is 0 Å². The molecule has 0 aromatic rings. The van der Waals surface area contributed by atoms with Gasteiger partial charge in [0, 0.05) is 20.8 Å². The van der Waals surface area contributed by atoms with E-state index in [2.05, 4.69) is 0 Å². The topological polar surface area (TPSA) is 113 Å². The van der Waals surface area contributed by atoms with Crippen LogP contribution >= 0.6 is 0 Å². The second-order valence-corrected chi connectivity index (χ2v) is 6.73. The first-order chi connectivity index (χ1) is 12.3. The lowest BCUT2D eigenvalue weighted by Crippen LogP contribution is -2.62. The van der Waals surface area contributed by atoms with E-state index in [0.29, 0.717) is 12.5 Å². The molecule has 0 saturated carbocycles. The molecule has 154 valence electrons. The maximum atomic E-state index is 10.9. The molecule has 0 radical (unpaired) electrons. The summed E-state index contributed by atoms with van der Waals surface area (Å²) in [4.78, 5) is 10.9. The number of rotatable bonds is 12. The van der Waals surface area contributed by atoms with Crippen LogP contribution in [0, 0.1) is 5.92 Å². The first-order valence-electron chi connectivity index (χ1n) is 8.72. The average molecular weight is 380 g/mol. The van der Waals surface area contributed by atoms with Crippen molar-refractivity contribution >= 4 is 5.97 Å². The summed E-state index contributed by atoms with van der Waals surface area (Å²) in [5.41, 5.74) is 0. The Bertz CT molecular complexity index is 402. The van der Waals surface area contributed by atoms with E-state index in [4.69, 9.17) is 33.5 Å². The number of aliphatic hydroxyl groups excluding tert-OH is 1. The summed E-state index contributed by atoms with van der Waals surface area (Å²) in [5, 5.41) is 18.4. The molecule has 1 aliphatic rings. The Kier molecular flexibility index (Phi) is 10.6. The molecule has 1 saturated heterocycles. The van der Waals surface area contributed by atoms with Crippen LogP contribution in [-0.2, 0) is 33.2 Å². The molecule has 0 spiro atoms. The summed E-state index contributed by atoms with van der Waals surface area (Å²) in [5.74, 6) is -0.766. The fourth-order valence-electron chi connectivity index (χ4n) is 2.70. The lowest BCUT2D eigenvalue weighted by molar-refractivity contribution is -0.318. The van der Waals surface area contributed by atoms with Crippen LogP contribution in [0.5, 0.6) is 0 Å². The molecule has 0 bridgehead atoms. The van der Waals surface area contributed by atoms with Gasteiger partial charge in [0.15, 0.2) is 6.29 Å². The van der Waals surface area contributed by atoms with Crippen molar-refractivity contribution in [1.82, 2.24) is 0 Å². The second-order valence-electron chi connectivity index (χ2n) is 6.73. The quantitative estimate of drug-likeness (QED) is 0.493. The van der Waals surface area contributed by atoms with Crippen molar-refractivity contribution in [3.63, 3.8) is 0 Å². The van der Waals surface area contributed by atoms with Crippen molar-refractivity contribution in [2.24, 2.45) is 5.92 Å². The fraction of sp³-hybridized carbons (Fsp3) is 0.941. The summed E-state index contributed by atoms with van der Waals surface area (Å²) in [6.45, 7) is 5.91. The van der Waals surface area contributed by atoms with Gasteiger partial charge in [-0.05, 0) is 12.8 Å². The number of carboxylic acids is 1. The van der Waals surface area contributed by atoms with Crippen molar-refractivity contribution in [3.05, 3.63) is 0 Å². The minimum atomic E-state index is -1.13. The Morgan fingerprint density at radius 2 is 1.69 bits per heavy atom. The van der Waals surface area contributed by atoms with Gasteiger partial charge in [-0.2, -0.15) is 0 Å². The highest BCUT2D eigenvalue weighted by Gasteiger charge is 2.48. The van der Waals surface area contributed by atoms with Crippen LogP contribution in [0.15, 0.2) is 0 Å². The van der Waals surface area contributed by atoms with E-state index < -0.39 is 49.4 Å². The van der Waals surface area contributed by atoms with Crippen molar-refractivity contribution in [2.75, 3.05) is 40.6 Å². The highest BCUT2D eigenvalue weighted by Crippen LogP contribution is 2.28.